The molecule has 0 aromatic heterocycles. The highest BCUT2D eigenvalue weighted by atomic mass is 16.1. The van der Waals surface area contributed by atoms with Crippen LogP contribution in [0, 0.1) is 0 Å². The van der Waals surface area contributed by atoms with Gasteiger partial charge in [0.05, 0.1) is 0 Å². The number of hydrogen-bond acceptors (Lipinski definition) is 3. The van der Waals surface area contributed by atoms with Crippen LogP contribution < -0.4 is 10.6 Å². The lowest BCUT2D eigenvalue weighted by Crippen LogP contribution is -2.36. The summed E-state index contributed by atoms with van der Waals surface area (Å²) in [6.07, 6.45) is 5.42. The molecule has 0 aliphatic heterocycles. The zero-order chi connectivity index (χ0) is 13.6. The summed E-state index contributed by atoms with van der Waals surface area (Å²) < 4.78 is 0. The van der Waals surface area contributed by atoms with E-state index in [0.29, 0.717) is 13.0 Å². The van der Waals surface area contributed by atoms with Gasteiger partial charge in [0.15, 0.2) is 0 Å². The number of carbonyl (C=O) groups excluding carboxylic acids is 1. The Morgan fingerprint density at radius 3 is 2.39 bits per heavy atom. The van der Waals surface area contributed by atoms with E-state index in [4.69, 9.17) is 0 Å². The van der Waals surface area contributed by atoms with Gasteiger partial charge < -0.3 is 15.5 Å². The van der Waals surface area contributed by atoms with E-state index in [9.17, 15) is 4.79 Å². The molecule has 0 aliphatic carbocycles. The molecule has 2 N–H and O–H groups in total. The van der Waals surface area contributed by atoms with E-state index in [1.54, 1.807) is 0 Å². The van der Waals surface area contributed by atoms with Gasteiger partial charge in [-0.1, -0.05) is 32.9 Å². The molecule has 0 aliphatic rings. The van der Waals surface area contributed by atoms with E-state index in [1.807, 2.05) is 12.2 Å². The van der Waals surface area contributed by atoms with Crippen molar-refractivity contribution < 1.29 is 4.79 Å². The van der Waals surface area contributed by atoms with Gasteiger partial charge in [-0.3, -0.25) is 4.79 Å². The van der Waals surface area contributed by atoms with Gasteiger partial charge in [-0.25, -0.2) is 0 Å². The first-order valence-corrected chi connectivity index (χ1v) is 7.09. The summed E-state index contributed by atoms with van der Waals surface area (Å²) in [5.41, 5.74) is 0. The van der Waals surface area contributed by atoms with E-state index < -0.39 is 0 Å². The minimum absolute atomic E-state index is 0.102. The van der Waals surface area contributed by atoms with Crippen LogP contribution in [0.1, 0.15) is 33.6 Å². The van der Waals surface area contributed by atoms with Gasteiger partial charge in [-0.15, -0.1) is 0 Å². The minimum Gasteiger partial charge on any atom is -0.355 e. The number of nitrogens with zero attached hydrogens (tertiary/aromatic N) is 1. The highest BCUT2D eigenvalue weighted by Crippen LogP contribution is 1.86. The third-order valence-electron chi connectivity index (χ3n) is 2.83. The molecular weight excluding hydrogens is 226 g/mol. The summed E-state index contributed by atoms with van der Waals surface area (Å²) in [7, 11) is 0. The molecular formula is C14H29N3O. The van der Waals surface area contributed by atoms with E-state index in [0.717, 1.165) is 39.1 Å². The molecule has 0 atom stereocenters. The molecule has 18 heavy (non-hydrogen) atoms. The Morgan fingerprint density at radius 1 is 1.06 bits per heavy atom. The highest BCUT2D eigenvalue weighted by molar-refractivity contribution is 5.77. The Bertz CT molecular complexity index is 225. The van der Waals surface area contributed by atoms with E-state index in [2.05, 4.69) is 36.3 Å². The summed E-state index contributed by atoms with van der Waals surface area (Å²) in [5, 5.41) is 6.22. The quantitative estimate of drug-likeness (QED) is 0.433. The van der Waals surface area contributed by atoms with E-state index in [-0.39, 0.29) is 5.91 Å². The average Bonchev–Trinajstić information content (AvgIpc) is 2.38. The van der Waals surface area contributed by atoms with Gasteiger partial charge in [0, 0.05) is 32.6 Å². The Balaban J connectivity index is 3.34. The van der Waals surface area contributed by atoms with Gasteiger partial charge in [-0.05, 0) is 19.5 Å². The fourth-order valence-electron chi connectivity index (χ4n) is 1.62. The average molecular weight is 255 g/mol. The molecule has 0 radical (unpaired) electrons. The summed E-state index contributed by atoms with van der Waals surface area (Å²) in [6, 6.07) is 0. The first-order chi connectivity index (χ1) is 8.74. The lowest BCUT2D eigenvalue weighted by molar-refractivity contribution is -0.120. The van der Waals surface area contributed by atoms with Crippen LogP contribution in [0.5, 0.6) is 0 Å². The second-order valence-electron chi connectivity index (χ2n) is 4.21. The van der Waals surface area contributed by atoms with Crippen LogP contribution in [-0.4, -0.2) is 50.1 Å². The molecule has 1 amide bonds. The molecule has 0 rings (SSSR count). The van der Waals surface area contributed by atoms with Gasteiger partial charge in [-0.2, -0.15) is 0 Å². The highest BCUT2D eigenvalue weighted by Gasteiger charge is 1.98. The van der Waals surface area contributed by atoms with Gasteiger partial charge >= 0.3 is 0 Å². The van der Waals surface area contributed by atoms with Crippen LogP contribution in [0.15, 0.2) is 12.2 Å². The maximum Gasteiger partial charge on any atom is 0.223 e. The predicted molar refractivity (Wildman–Crippen MR) is 77.7 cm³/mol. The Hall–Kier alpha value is -0.870. The molecule has 106 valence electrons. The molecule has 0 aromatic carbocycles. The van der Waals surface area contributed by atoms with Gasteiger partial charge in [0.25, 0.3) is 0 Å². The molecule has 0 saturated carbocycles. The summed E-state index contributed by atoms with van der Waals surface area (Å²) in [4.78, 5) is 13.7. The van der Waals surface area contributed by atoms with E-state index >= 15 is 0 Å². The Kier molecular flexibility index (Phi) is 12.0. The van der Waals surface area contributed by atoms with Crippen molar-refractivity contribution in [2.24, 2.45) is 0 Å². The van der Waals surface area contributed by atoms with E-state index in [1.165, 1.54) is 0 Å². The van der Waals surface area contributed by atoms with Crippen LogP contribution in [-0.2, 0) is 4.79 Å². The monoisotopic (exact) mass is 255 g/mol. The summed E-state index contributed by atoms with van der Waals surface area (Å²) in [5.74, 6) is 0.102. The van der Waals surface area contributed by atoms with Gasteiger partial charge in [0.2, 0.25) is 5.91 Å². The maximum absolute atomic E-state index is 11.4. The zero-order valence-electron chi connectivity index (χ0n) is 12.2. The second kappa shape index (κ2) is 12.6. The topological polar surface area (TPSA) is 44.4 Å². The van der Waals surface area contributed by atoms with Crippen LogP contribution in [0.2, 0.25) is 0 Å². The third kappa shape index (κ3) is 10.3. The predicted octanol–water partition coefficient (Wildman–Crippen LogP) is 1.39. The van der Waals surface area contributed by atoms with Crippen molar-refractivity contribution in [3.63, 3.8) is 0 Å². The van der Waals surface area contributed by atoms with Crippen molar-refractivity contribution in [3.05, 3.63) is 12.2 Å². The molecule has 0 aromatic rings. The lowest BCUT2D eigenvalue weighted by atomic mass is 10.3. The lowest BCUT2D eigenvalue weighted by Gasteiger charge is -2.17. The van der Waals surface area contributed by atoms with Crippen molar-refractivity contribution >= 4 is 5.91 Å². The summed E-state index contributed by atoms with van der Waals surface area (Å²) in [6.45, 7) is 12.2. The first-order valence-electron chi connectivity index (χ1n) is 7.09. The first kappa shape index (κ1) is 17.1. The fraction of sp³-hybridized carbons (Fsp3) is 0.786. The number of amides is 1. The smallest absolute Gasteiger partial charge is 0.223 e. The van der Waals surface area contributed by atoms with Gasteiger partial charge in [0.1, 0.15) is 0 Å². The number of nitrogens with one attached hydrogen (secondary N) is 2. The molecule has 0 unspecified atom stereocenters. The molecule has 0 heterocycles. The largest absolute Gasteiger partial charge is 0.355 e. The maximum atomic E-state index is 11.4. The fourth-order valence-corrected chi connectivity index (χ4v) is 1.62. The van der Waals surface area contributed by atoms with Crippen molar-refractivity contribution in [1.29, 1.82) is 0 Å². The number of carbonyl (C=O) groups is 1. The standard InChI is InChI=1S/C14H29N3O/c1-4-7-8-9-14(18)16-11-10-15-12-13-17(5-2)6-3/h7-8,15H,4-6,9-13H2,1-3H3,(H,16,18)/b8-7+. The normalized spacial score (nSPS) is 11.3. The molecule has 0 fully saturated rings. The molecule has 4 heteroatoms. The van der Waals surface area contributed by atoms with Crippen molar-refractivity contribution in [2.75, 3.05) is 39.3 Å². The van der Waals surface area contributed by atoms with Crippen LogP contribution in [0.3, 0.4) is 0 Å². The number of hydrogen-bond donors (Lipinski definition) is 2. The Labute approximate surface area is 112 Å². The molecule has 0 spiro atoms. The van der Waals surface area contributed by atoms with Crippen molar-refractivity contribution in [1.82, 2.24) is 15.5 Å². The minimum atomic E-state index is 0.102. The van der Waals surface area contributed by atoms with Crippen molar-refractivity contribution in [3.8, 4) is 0 Å². The third-order valence-corrected chi connectivity index (χ3v) is 2.83. The molecule has 0 saturated heterocycles. The second-order valence-corrected chi connectivity index (χ2v) is 4.21. The SMILES string of the molecule is CC/C=C/CC(=O)NCCNCCN(CC)CC. The van der Waals surface area contributed by atoms with Crippen LogP contribution >= 0.6 is 0 Å². The number of likely N-dealkylation sites (N-methyl/N-ethyl adjacent to an activating group) is 1. The molecule has 4 nitrogen and oxygen atoms in total. The van der Waals surface area contributed by atoms with Crippen LogP contribution in [0.25, 0.3) is 0 Å². The van der Waals surface area contributed by atoms with Crippen molar-refractivity contribution in [2.45, 2.75) is 33.6 Å². The Morgan fingerprint density at radius 2 is 1.78 bits per heavy atom. The number of allylic oxidation sites excluding steroid dienone is 1. The summed E-state index contributed by atoms with van der Waals surface area (Å²) >= 11 is 0. The van der Waals surface area contributed by atoms with Crippen LogP contribution in [0.4, 0.5) is 0 Å². The zero-order valence-corrected chi connectivity index (χ0v) is 12.2. The number of rotatable bonds is 11. The molecule has 0 bridgehead atoms.